The highest BCUT2D eigenvalue weighted by Crippen LogP contribution is 2.27. The second-order valence-electron chi connectivity index (χ2n) is 7.83. The van der Waals surface area contributed by atoms with Crippen LogP contribution in [0.5, 0.6) is 5.75 Å². The van der Waals surface area contributed by atoms with Crippen LogP contribution < -0.4 is 10.2 Å². The van der Waals surface area contributed by atoms with Gasteiger partial charge in [0.2, 0.25) is 5.91 Å². The van der Waals surface area contributed by atoms with Gasteiger partial charge < -0.3 is 9.64 Å². The minimum Gasteiger partial charge on any atom is -0.489 e. The van der Waals surface area contributed by atoms with Crippen LogP contribution in [0.1, 0.15) is 29.0 Å². The van der Waals surface area contributed by atoms with E-state index >= 15 is 0 Å². The van der Waals surface area contributed by atoms with Crippen molar-refractivity contribution in [3.05, 3.63) is 101 Å². The summed E-state index contributed by atoms with van der Waals surface area (Å²) >= 11 is 6.16. The molecule has 3 aromatic carbocycles. The summed E-state index contributed by atoms with van der Waals surface area (Å²) < 4.78 is 5.81. The Kier molecular flexibility index (Phi) is 7.37. The standard InChI is InChI=1S/C26H24ClN3O3/c27-24-12-5-4-10-21(24)18-33-23-11-6-7-19(13-23)15-28-29-25(31)17-30-16-22(14-26(30)32)20-8-2-1-3-9-20/h1-13,15,22H,14,16-18H2,(H,29,31)/b28-15-/t22-/m1/s1. The number of hydrazone groups is 1. The van der Waals surface area contributed by atoms with Crippen molar-refractivity contribution in [1.82, 2.24) is 10.3 Å². The lowest BCUT2D eigenvalue weighted by Crippen LogP contribution is -2.36. The molecule has 0 saturated carbocycles. The topological polar surface area (TPSA) is 71.0 Å². The van der Waals surface area contributed by atoms with Crippen molar-refractivity contribution in [3.8, 4) is 5.75 Å². The first kappa shape index (κ1) is 22.6. The molecule has 1 heterocycles. The summed E-state index contributed by atoms with van der Waals surface area (Å²) in [6.45, 7) is 0.871. The quantitative estimate of drug-likeness (QED) is 0.399. The fraction of sp³-hybridized carbons (Fsp3) is 0.192. The molecule has 4 rings (SSSR count). The minimum atomic E-state index is -0.334. The summed E-state index contributed by atoms with van der Waals surface area (Å²) in [6, 6.07) is 24.8. The van der Waals surface area contributed by atoms with Crippen molar-refractivity contribution in [2.24, 2.45) is 5.10 Å². The number of carbonyl (C=O) groups is 2. The zero-order chi connectivity index (χ0) is 23.0. The SMILES string of the molecule is O=C(CN1C[C@H](c2ccccc2)CC1=O)N/N=C\c1cccc(OCc2ccccc2Cl)c1. The fourth-order valence-electron chi connectivity index (χ4n) is 3.72. The van der Waals surface area contributed by atoms with Crippen molar-refractivity contribution in [3.63, 3.8) is 0 Å². The third-order valence-corrected chi connectivity index (χ3v) is 5.80. The first-order valence-corrected chi connectivity index (χ1v) is 11.1. The molecule has 0 aromatic heterocycles. The van der Waals surface area contributed by atoms with Crippen molar-refractivity contribution < 1.29 is 14.3 Å². The number of benzene rings is 3. The van der Waals surface area contributed by atoms with E-state index in [9.17, 15) is 9.59 Å². The molecule has 1 N–H and O–H groups in total. The summed E-state index contributed by atoms with van der Waals surface area (Å²) in [5.41, 5.74) is 5.28. The van der Waals surface area contributed by atoms with Crippen LogP contribution in [0, 0.1) is 0 Å². The number of halogens is 1. The Labute approximate surface area is 197 Å². The smallest absolute Gasteiger partial charge is 0.259 e. The van der Waals surface area contributed by atoms with Gasteiger partial charge in [0.15, 0.2) is 0 Å². The number of rotatable bonds is 8. The third-order valence-electron chi connectivity index (χ3n) is 5.43. The van der Waals surface area contributed by atoms with Gasteiger partial charge in [0.25, 0.3) is 5.91 Å². The molecular weight excluding hydrogens is 438 g/mol. The van der Waals surface area contributed by atoms with E-state index in [2.05, 4.69) is 10.5 Å². The van der Waals surface area contributed by atoms with E-state index in [1.165, 1.54) is 0 Å². The van der Waals surface area contributed by atoms with Gasteiger partial charge in [-0.25, -0.2) is 5.43 Å². The van der Waals surface area contributed by atoms with Gasteiger partial charge in [-0.1, -0.05) is 72.3 Å². The van der Waals surface area contributed by atoms with Gasteiger partial charge >= 0.3 is 0 Å². The van der Waals surface area contributed by atoms with Crippen molar-refractivity contribution >= 4 is 29.6 Å². The van der Waals surface area contributed by atoms with Crippen molar-refractivity contribution in [2.75, 3.05) is 13.1 Å². The fourth-order valence-corrected chi connectivity index (χ4v) is 3.91. The van der Waals surface area contributed by atoms with E-state index in [4.69, 9.17) is 16.3 Å². The third kappa shape index (κ3) is 6.20. The molecule has 7 heteroatoms. The Balaban J connectivity index is 1.27. The number of nitrogens with zero attached hydrogens (tertiary/aromatic N) is 2. The van der Waals surface area contributed by atoms with E-state index in [0.29, 0.717) is 30.3 Å². The number of hydrogen-bond acceptors (Lipinski definition) is 4. The molecule has 33 heavy (non-hydrogen) atoms. The summed E-state index contributed by atoms with van der Waals surface area (Å²) in [5.74, 6) is 0.425. The molecule has 0 unspecified atom stereocenters. The van der Waals surface area contributed by atoms with E-state index in [-0.39, 0.29) is 24.3 Å². The molecule has 0 bridgehead atoms. The molecule has 1 fully saturated rings. The number of hydrogen-bond donors (Lipinski definition) is 1. The molecule has 0 aliphatic carbocycles. The first-order chi connectivity index (χ1) is 16.1. The highest BCUT2D eigenvalue weighted by molar-refractivity contribution is 6.31. The van der Waals surface area contributed by atoms with Crippen LogP contribution in [0.3, 0.4) is 0 Å². The van der Waals surface area contributed by atoms with Crippen LogP contribution in [0.4, 0.5) is 0 Å². The Morgan fingerprint density at radius 1 is 1.09 bits per heavy atom. The predicted octanol–water partition coefficient (Wildman–Crippen LogP) is 4.39. The lowest BCUT2D eigenvalue weighted by atomic mass is 9.99. The molecule has 6 nitrogen and oxygen atoms in total. The largest absolute Gasteiger partial charge is 0.489 e. The molecule has 3 aromatic rings. The lowest BCUT2D eigenvalue weighted by Gasteiger charge is -2.15. The van der Waals surface area contributed by atoms with Gasteiger partial charge in [-0.15, -0.1) is 0 Å². The van der Waals surface area contributed by atoms with E-state index in [0.717, 1.165) is 16.7 Å². The molecule has 1 aliphatic heterocycles. The zero-order valence-electron chi connectivity index (χ0n) is 18.0. The molecule has 1 atom stereocenters. The maximum atomic E-state index is 12.3. The Morgan fingerprint density at radius 2 is 1.88 bits per heavy atom. The Bertz CT molecular complexity index is 1150. The van der Waals surface area contributed by atoms with Crippen LogP contribution in [0.25, 0.3) is 0 Å². The molecule has 1 aliphatic rings. The van der Waals surface area contributed by atoms with Crippen LogP contribution in [0.15, 0.2) is 84.0 Å². The van der Waals surface area contributed by atoms with Gasteiger partial charge in [-0.2, -0.15) is 5.10 Å². The molecule has 2 amide bonds. The van der Waals surface area contributed by atoms with Crippen molar-refractivity contribution in [1.29, 1.82) is 0 Å². The van der Waals surface area contributed by atoms with Gasteiger partial charge in [-0.05, 0) is 29.3 Å². The van der Waals surface area contributed by atoms with Gasteiger partial charge in [0.05, 0.1) is 6.21 Å². The van der Waals surface area contributed by atoms with Crippen LogP contribution in [-0.2, 0) is 16.2 Å². The molecule has 1 saturated heterocycles. The van der Waals surface area contributed by atoms with Crippen molar-refractivity contribution in [2.45, 2.75) is 18.9 Å². The maximum Gasteiger partial charge on any atom is 0.259 e. The first-order valence-electron chi connectivity index (χ1n) is 10.7. The average molecular weight is 462 g/mol. The van der Waals surface area contributed by atoms with E-state index in [1.54, 1.807) is 11.1 Å². The zero-order valence-corrected chi connectivity index (χ0v) is 18.7. The highest BCUT2D eigenvalue weighted by Gasteiger charge is 2.31. The number of ether oxygens (including phenoxy) is 1. The highest BCUT2D eigenvalue weighted by atomic mass is 35.5. The second kappa shape index (κ2) is 10.8. The maximum absolute atomic E-state index is 12.3. The number of likely N-dealkylation sites (tertiary alicyclic amines) is 1. The minimum absolute atomic E-state index is 0.0134. The Hall–Kier alpha value is -3.64. The summed E-state index contributed by atoms with van der Waals surface area (Å²) in [7, 11) is 0. The normalized spacial score (nSPS) is 15.7. The summed E-state index contributed by atoms with van der Waals surface area (Å²) in [5, 5.41) is 4.68. The molecule has 0 spiro atoms. The lowest BCUT2D eigenvalue weighted by molar-refractivity contribution is -0.133. The number of nitrogens with one attached hydrogen (secondary N) is 1. The van der Waals surface area contributed by atoms with Gasteiger partial charge in [-0.3, -0.25) is 9.59 Å². The molecule has 168 valence electrons. The molecular formula is C26H24ClN3O3. The second-order valence-corrected chi connectivity index (χ2v) is 8.24. The van der Waals surface area contributed by atoms with Crippen LogP contribution in [-0.4, -0.2) is 36.0 Å². The monoisotopic (exact) mass is 461 g/mol. The van der Waals surface area contributed by atoms with Gasteiger partial charge in [0, 0.05) is 29.5 Å². The van der Waals surface area contributed by atoms with E-state index in [1.807, 2.05) is 78.9 Å². The molecule has 0 radical (unpaired) electrons. The number of carbonyl (C=O) groups excluding carboxylic acids is 2. The summed E-state index contributed by atoms with van der Waals surface area (Å²) in [6.07, 6.45) is 1.96. The van der Waals surface area contributed by atoms with Crippen LogP contribution in [0.2, 0.25) is 5.02 Å². The summed E-state index contributed by atoms with van der Waals surface area (Å²) in [4.78, 5) is 26.2. The van der Waals surface area contributed by atoms with Crippen LogP contribution >= 0.6 is 11.6 Å². The van der Waals surface area contributed by atoms with Gasteiger partial charge in [0.1, 0.15) is 18.9 Å². The predicted molar refractivity (Wildman–Crippen MR) is 128 cm³/mol. The van der Waals surface area contributed by atoms with E-state index < -0.39 is 0 Å². The number of amides is 2. The Morgan fingerprint density at radius 3 is 2.70 bits per heavy atom. The average Bonchev–Trinajstić information content (AvgIpc) is 3.19.